The van der Waals surface area contributed by atoms with Crippen LogP contribution in [-0.4, -0.2) is 0 Å². The quantitative estimate of drug-likeness (QED) is 0.430. The molecule has 0 radical (unpaired) electrons. The van der Waals surface area contributed by atoms with Gasteiger partial charge in [0.2, 0.25) is 0 Å². The average Bonchev–Trinajstić information content (AvgIpc) is 3.27. The Hall–Kier alpha value is -2.08. The monoisotopic (exact) mass is 384 g/mol. The molecule has 0 spiro atoms. The number of benzene rings is 2. The van der Waals surface area contributed by atoms with Gasteiger partial charge in [-0.15, -0.1) is 0 Å². The van der Waals surface area contributed by atoms with Crippen molar-refractivity contribution in [3.8, 4) is 11.1 Å². The molecule has 0 saturated carbocycles. The van der Waals surface area contributed by atoms with Crippen LogP contribution in [0.1, 0.15) is 82.7 Å². The predicted molar refractivity (Wildman–Crippen MR) is 127 cm³/mol. The molecule has 1 unspecified atom stereocenters. The van der Waals surface area contributed by atoms with Crippen molar-refractivity contribution in [1.29, 1.82) is 0 Å². The minimum absolute atomic E-state index is 0.158. The fraction of sp³-hybridized carbons (Fsp3) is 0.448. The average molecular weight is 385 g/mol. The van der Waals surface area contributed by atoms with Crippen molar-refractivity contribution >= 4 is 0 Å². The number of allylic oxidation sites excluding steroid dienone is 4. The van der Waals surface area contributed by atoms with Gasteiger partial charge in [0.15, 0.2) is 0 Å². The highest BCUT2D eigenvalue weighted by molar-refractivity contribution is 5.79. The van der Waals surface area contributed by atoms with Gasteiger partial charge in [0.25, 0.3) is 0 Å². The number of hydrogen-bond acceptors (Lipinski definition) is 0. The summed E-state index contributed by atoms with van der Waals surface area (Å²) in [6.07, 6.45) is 10.2. The third kappa shape index (κ3) is 3.87. The van der Waals surface area contributed by atoms with Crippen LogP contribution >= 0.6 is 0 Å². The number of rotatable bonds is 3. The zero-order valence-electron chi connectivity index (χ0n) is 19.3. The smallest absolute Gasteiger partial charge is 0.00107 e. The molecule has 29 heavy (non-hydrogen) atoms. The van der Waals surface area contributed by atoms with E-state index in [0.29, 0.717) is 5.92 Å². The molecule has 2 aliphatic carbocycles. The lowest BCUT2D eigenvalue weighted by atomic mass is 9.80. The highest BCUT2D eigenvalue weighted by Crippen LogP contribution is 2.43. The zero-order chi connectivity index (χ0) is 21.0. The van der Waals surface area contributed by atoms with E-state index in [4.69, 9.17) is 0 Å². The molecule has 2 aromatic rings. The molecule has 0 fully saturated rings. The van der Waals surface area contributed by atoms with Crippen LogP contribution in [0.4, 0.5) is 0 Å². The van der Waals surface area contributed by atoms with E-state index in [1.165, 1.54) is 27.8 Å². The largest absolute Gasteiger partial charge is 0.0805 e. The van der Waals surface area contributed by atoms with Crippen LogP contribution in [0.15, 0.2) is 54.1 Å². The van der Waals surface area contributed by atoms with Crippen molar-refractivity contribution in [2.45, 2.75) is 78.6 Å². The SMILES string of the molecule is CC(Cc1cc(C(C)(C)C)cc2c1Cc1ccc(C(C)(C)C)cc1-2)C1=CC=CC1. The van der Waals surface area contributed by atoms with E-state index in [2.05, 4.69) is 97.0 Å². The third-order valence-corrected chi connectivity index (χ3v) is 6.80. The summed E-state index contributed by atoms with van der Waals surface area (Å²) in [5.41, 5.74) is 12.4. The second-order valence-electron chi connectivity index (χ2n) is 11.2. The van der Waals surface area contributed by atoms with E-state index < -0.39 is 0 Å². The Labute approximate surface area is 177 Å². The molecule has 0 amide bonds. The summed E-state index contributed by atoms with van der Waals surface area (Å²) in [6, 6.07) is 12.2. The molecule has 152 valence electrons. The second-order valence-corrected chi connectivity index (χ2v) is 11.2. The molecule has 1 atom stereocenters. The Balaban J connectivity index is 1.81. The van der Waals surface area contributed by atoms with Gasteiger partial charge in [-0.2, -0.15) is 0 Å². The normalized spacial score (nSPS) is 16.6. The van der Waals surface area contributed by atoms with Crippen molar-refractivity contribution in [2.24, 2.45) is 5.92 Å². The Bertz CT molecular complexity index is 1000. The van der Waals surface area contributed by atoms with Gasteiger partial charge < -0.3 is 0 Å². The minimum Gasteiger partial charge on any atom is -0.0805 e. The Morgan fingerprint density at radius 3 is 2.17 bits per heavy atom. The fourth-order valence-electron chi connectivity index (χ4n) is 4.72. The van der Waals surface area contributed by atoms with Gasteiger partial charge in [0, 0.05) is 0 Å². The van der Waals surface area contributed by atoms with E-state index in [1.54, 1.807) is 16.7 Å². The van der Waals surface area contributed by atoms with E-state index in [0.717, 1.165) is 19.3 Å². The summed E-state index contributed by atoms with van der Waals surface area (Å²) in [5.74, 6) is 0.596. The zero-order valence-corrected chi connectivity index (χ0v) is 19.3. The van der Waals surface area contributed by atoms with Crippen LogP contribution in [-0.2, 0) is 23.7 Å². The lowest BCUT2D eigenvalue weighted by molar-refractivity contribution is 0.586. The Morgan fingerprint density at radius 1 is 0.862 bits per heavy atom. The van der Waals surface area contributed by atoms with Gasteiger partial charge in [-0.05, 0) is 75.0 Å². The molecule has 0 aliphatic heterocycles. The van der Waals surface area contributed by atoms with Crippen LogP contribution in [0, 0.1) is 5.92 Å². The number of hydrogen-bond donors (Lipinski definition) is 0. The third-order valence-electron chi connectivity index (χ3n) is 6.80. The van der Waals surface area contributed by atoms with Gasteiger partial charge in [-0.25, -0.2) is 0 Å². The first-order chi connectivity index (χ1) is 13.5. The summed E-state index contributed by atoms with van der Waals surface area (Å²) in [4.78, 5) is 0. The molecule has 4 rings (SSSR count). The summed E-state index contributed by atoms with van der Waals surface area (Å²) < 4.78 is 0. The molecule has 0 heteroatoms. The van der Waals surface area contributed by atoms with Crippen LogP contribution in [0.2, 0.25) is 0 Å². The molecular formula is C29H36. The molecule has 0 saturated heterocycles. The molecule has 0 heterocycles. The maximum atomic E-state index is 2.51. The first-order valence-electron chi connectivity index (χ1n) is 11.2. The lowest BCUT2D eigenvalue weighted by Gasteiger charge is -2.24. The minimum atomic E-state index is 0.158. The summed E-state index contributed by atoms with van der Waals surface area (Å²) >= 11 is 0. The maximum Gasteiger partial charge on any atom is -0.00107 e. The second kappa shape index (κ2) is 7.01. The van der Waals surface area contributed by atoms with Gasteiger partial charge in [-0.3, -0.25) is 0 Å². The molecule has 0 bridgehead atoms. The standard InChI is InChI=1S/C29H36/c1-19(20-10-8-9-11-20)14-22-15-24(29(5,6)7)18-27-25(22)16-21-12-13-23(17-26(21)27)28(2,3)4/h8-10,12-13,15,17-19H,11,14,16H2,1-7H3. The Kier molecular flexibility index (Phi) is 4.88. The van der Waals surface area contributed by atoms with Gasteiger partial charge in [-0.1, -0.05) is 103 Å². The molecule has 2 aliphatic rings. The first kappa shape index (κ1) is 20.2. The Morgan fingerprint density at radius 2 is 1.55 bits per heavy atom. The van der Waals surface area contributed by atoms with E-state index in [9.17, 15) is 0 Å². The summed E-state index contributed by atoms with van der Waals surface area (Å²) in [5, 5.41) is 0. The van der Waals surface area contributed by atoms with Crippen molar-refractivity contribution in [2.75, 3.05) is 0 Å². The van der Waals surface area contributed by atoms with E-state index >= 15 is 0 Å². The van der Waals surface area contributed by atoms with Crippen molar-refractivity contribution < 1.29 is 0 Å². The highest BCUT2D eigenvalue weighted by Gasteiger charge is 2.27. The van der Waals surface area contributed by atoms with Crippen LogP contribution in [0.3, 0.4) is 0 Å². The molecule has 2 aromatic carbocycles. The van der Waals surface area contributed by atoms with Crippen LogP contribution in [0.25, 0.3) is 11.1 Å². The van der Waals surface area contributed by atoms with Crippen LogP contribution < -0.4 is 0 Å². The maximum absolute atomic E-state index is 2.51. The molecule has 0 nitrogen and oxygen atoms in total. The summed E-state index contributed by atoms with van der Waals surface area (Å²) in [7, 11) is 0. The molecular weight excluding hydrogens is 348 g/mol. The van der Waals surface area contributed by atoms with Crippen molar-refractivity contribution in [3.05, 3.63) is 82.0 Å². The van der Waals surface area contributed by atoms with Gasteiger partial charge >= 0.3 is 0 Å². The lowest BCUT2D eigenvalue weighted by Crippen LogP contribution is -2.14. The summed E-state index contributed by atoms with van der Waals surface area (Å²) in [6.45, 7) is 16.4. The van der Waals surface area contributed by atoms with Crippen LogP contribution in [0.5, 0.6) is 0 Å². The van der Waals surface area contributed by atoms with Gasteiger partial charge in [0.05, 0.1) is 0 Å². The van der Waals surface area contributed by atoms with Crippen molar-refractivity contribution in [3.63, 3.8) is 0 Å². The van der Waals surface area contributed by atoms with Gasteiger partial charge in [0.1, 0.15) is 0 Å². The predicted octanol–water partition coefficient (Wildman–Crippen LogP) is 7.92. The van der Waals surface area contributed by atoms with E-state index in [1.807, 2.05) is 0 Å². The fourth-order valence-corrected chi connectivity index (χ4v) is 4.72. The first-order valence-corrected chi connectivity index (χ1v) is 11.2. The molecule has 0 N–H and O–H groups in total. The van der Waals surface area contributed by atoms with E-state index in [-0.39, 0.29) is 10.8 Å². The molecule has 0 aromatic heterocycles. The topological polar surface area (TPSA) is 0 Å². The van der Waals surface area contributed by atoms with Crippen molar-refractivity contribution in [1.82, 2.24) is 0 Å². The number of fused-ring (bicyclic) bond motifs is 3. The highest BCUT2D eigenvalue weighted by atomic mass is 14.3.